The van der Waals surface area contributed by atoms with Crippen LogP contribution in [0.15, 0.2) is 65.8 Å². The summed E-state index contributed by atoms with van der Waals surface area (Å²) in [6.45, 7) is 0.544. The molecule has 4 rings (SSSR count). The molecule has 3 aromatic heterocycles. The van der Waals surface area contributed by atoms with E-state index in [0.29, 0.717) is 18.5 Å². The maximum atomic E-state index is 13.1. The molecule has 25 heavy (non-hydrogen) atoms. The Morgan fingerprint density at radius 2 is 1.92 bits per heavy atom. The van der Waals surface area contributed by atoms with Crippen LogP contribution in [0.25, 0.3) is 27.7 Å². The third-order valence-electron chi connectivity index (χ3n) is 4.52. The highest BCUT2D eigenvalue weighted by molar-refractivity contribution is 5.95. The fraction of sp³-hybridized carbons (Fsp3) is 0.150. The molecule has 5 heteroatoms. The van der Waals surface area contributed by atoms with Crippen LogP contribution in [0, 0.1) is 11.3 Å². The molecule has 0 aliphatic carbocycles. The van der Waals surface area contributed by atoms with Gasteiger partial charge in [-0.25, -0.2) is 9.36 Å². The van der Waals surface area contributed by atoms with Gasteiger partial charge < -0.3 is 4.57 Å². The third kappa shape index (κ3) is 2.39. The summed E-state index contributed by atoms with van der Waals surface area (Å²) in [5.41, 5.74) is 3.36. The van der Waals surface area contributed by atoms with E-state index in [2.05, 4.69) is 6.07 Å². The first-order valence-corrected chi connectivity index (χ1v) is 8.16. The Kier molecular flexibility index (Phi) is 3.58. The maximum Gasteiger partial charge on any atom is 0.350 e. The minimum absolute atomic E-state index is 0.0554. The Morgan fingerprint density at radius 1 is 1.12 bits per heavy atom. The Bertz CT molecular complexity index is 1190. The van der Waals surface area contributed by atoms with Crippen molar-refractivity contribution in [3.63, 3.8) is 0 Å². The first-order valence-electron chi connectivity index (χ1n) is 8.16. The molecular formula is C20H17N4O+. The van der Waals surface area contributed by atoms with Gasteiger partial charge >= 0.3 is 5.56 Å². The van der Waals surface area contributed by atoms with Gasteiger partial charge in [-0.2, -0.15) is 9.66 Å². The number of benzene rings is 1. The van der Waals surface area contributed by atoms with Gasteiger partial charge in [0.05, 0.1) is 18.7 Å². The first-order chi connectivity index (χ1) is 12.2. The summed E-state index contributed by atoms with van der Waals surface area (Å²) < 4.78 is 5.65. The molecular weight excluding hydrogens is 312 g/mol. The Hall–Kier alpha value is -3.39. The summed E-state index contributed by atoms with van der Waals surface area (Å²) in [7, 11) is 1.98. The minimum atomic E-state index is -0.0554. The first kappa shape index (κ1) is 15.2. The van der Waals surface area contributed by atoms with Crippen molar-refractivity contribution in [3.8, 4) is 17.2 Å². The number of aromatic nitrogens is 3. The van der Waals surface area contributed by atoms with Gasteiger partial charge in [0.1, 0.15) is 18.3 Å². The van der Waals surface area contributed by atoms with E-state index < -0.39 is 0 Å². The van der Waals surface area contributed by atoms with Crippen LogP contribution in [-0.2, 0) is 13.6 Å². The average Bonchev–Trinajstić information content (AvgIpc) is 2.98. The van der Waals surface area contributed by atoms with Crippen LogP contribution in [0.4, 0.5) is 0 Å². The number of nitriles is 1. The molecule has 0 N–H and O–H groups in total. The number of fused-ring (bicyclic) bond motifs is 2. The van der Waals surface area contributed by atoms with E-state index in [1.165, 1.54) is 0 Å². The highest BCUT2D eigenvalue weighted by atomic mass is 16.1. The molecule has 122 valence electrons. The van der Waals surface area contributed by atoms with Gasteiger partial charge in [0.25, 0.3) is 5.65 Å². The molecule has 0 saturated carbocycles. The molecule has 0 aliphatic rings. The van der Waals surface area contributed by atoms with Crippen LogP contribution in [0.2, 0.25) is 0 Å². The molecule has 0 bridgehead atoms. The summed E-state index contributed by atoms with van der Waals surface area (Å²) in [4.78, 5) is 13.1. The average molecular weight is 329 g/mol. The number of hydrogen-bond donors (Lipinski definition) is 0. The molecule has 0 aliphatic heterocycles. The molecule has 3 heterocycles. The predicted molar refractivity (Wildman–Crippen MR) is 96.0 cm³/mol. The second-order valence-corrected chi connectivity index (χ2v) is 6.05. The van der Waals surface area contributed by atoms with Crippen molar-refractivity contribution in [2.75, 3.05) is 0 Å². The number of aryl methyl sites for hydroxylation is 2. The van der Waals surface area contributed by atoms with E-state index in [1.54, 1.807) is 10.6 Å². The van der Waals surface area contributed by atoms with E-state index in [9.17, 15) is 4.79 Å². The molecule has 0 fully saturated rings. The summed E-state index contributed by atoms with van der Waals surface area (Å²) in [6, 6.07) is 15.9. The van der Waals surface area contributed by atoms with Gasteiger partial charge in [0, 0.05) is 35.8 Å². The highest BCUT2D eigenvalue weighted by Crippen LogP contribution is 2.27. The van der Waals surface area contributed by atoms with Crippen LogP contribution in [0.3, 0.4) is 0 Å². The zero-order chi connectivity index (χ0) is 17.4. The lowest BCUT2D eigenvalue weighted by Crippen LogP contribution is -2.40. The summed E-state index contributed by atoms with van der Waals surface area (Å²) >= 11 is 0. The van der Waals surface area contributed by atoms with Crippen LogP contribution in [-0.4, -0.2) is 8.97 Å². The second kappa shape index (κ2) is 5.91. The SMILES string of the molecule is Cn1cc(-c2c[n+](CCC#N)c3ccccn3c2=O)c2ccccc21. The van der Waals surface area contributed by atoms with Crippen molar-refractivity contribution in [1.29, 1.82) is 5.26 Å². The van der Waals surface area contributed by atoms with Gasteiger partial charge in [-0.1, -0.05) is 24.3 Å². The zero-order valence-corrected chi connectivity index (χ0v) is 13.9. The number of hydrogen-bond acceptors (Lipinski definition) is 2. The monoisotopic (exact) mass is 329 g/mol. The summed E-state index contributed by atoms with van der Waals surface area (Å²) in [5, 5.41) is 10.00. The Labute approximate surface area is 144 Å². The number of rotatable bonds is 3. The quantitative estimate of drug-likeness (QED) is 0.543. The van der Waals surface area contributed by atoms with E-state index in [1.807, 2.05) is 71.0 Å². The summed E-state index contributed by atoms with van der Waals surface area (Å²) in [5.74, 6) is 0. The topological polar surface area (TPSA) is 54.1 Å². The van der Waals surface area contributed by atoms with Crippen LogP contribution >= 0.6 is 0 Å². The lowest BCUT2D eigenvalue weighted by atomic mass is 10.1. The predicted octanol–water partition coefficient (Wildman–Crippen LogP) is 2.66. The van der Waals surface area contributed by atoms with Gasteiger partial charge in [0.15, 0.2) is 0 Å². The van der Waals surface area contributed by atoms with Crippen molar-refractivity contribution in [2.45, 2.75) is 13.0 Å². The highest BCUT2D eigenvalue weighted by Gasteiger charge is 2.19. The second-order valence-electron chi connectivity index (χ2n) is 6.05. The number of pyridine rings is 1. The standard InChI is InChI=1S/C20H17N4O/c1-22-13-16(15-7-2-3-8-18(15)22)17-14-23(11-6-10-21)19-9-4-5-12-24(19)20(17)25/h2-5,7-9,12-14H,6,11H2,1H3/q+1. The molecule has 5 nitrogen and oxygen atoms in total. The Morgan fingerprint density at radius 3 is 2.76 bits per heavy atom. The number of para-hydroxylation sites is 1. The largest absolute Gasteiger partial charge is 0.350 e. The van der Waals surface area contributed by atoms with Crippen molar-refractivity contribution in [1.82, 2.24) is 8.97 Å². The normalized spacial score (nSPS) is 11.0. The Balaban J connectivity index is 2.06. The third-order valence-corrected chi connectivity index (χ3v) is 4.52. The van der Waals surface area contributed by atoms with Gasteiger partial charge in [0.2, 0.25) is 0 Å². The maximum absolute atomic E-state index is 13.1. The molecule has 0 spiro atoms. The molecule has 0 atom stereocenters. The molecule has 0 amide bonds. The fourth-order valence-corrected chi connectivity index (χ4v) is 3.34. The number of nitrogens with zero attached hydrogens (tertiary/aromatic N) is 4. The summed E-state index contributed by atoms with van der Waals surface area (Å²) in [6.07, 6.45) is 6.03. The van der Waals surface area contributed by atoms with Gasteiger partial charge in [-0.15, -0.1) is 0 Å². The van der Waals surface area contributed by atoms with Crippen molar-refractivity contribution in [3.05, 3.63) is 71.4 Å². The van der Waals surface area contributed by atoms with Crippen molar-refractivity contribution >= 4 is 16.6 Å². The minimum Gasteiger partial charge on any atom is -0.350 e. The lowest BCUT2D eigenvalue weighted by Gasteiger charge is -2.05. The molecule has 0 saturated heterocycles. The van der Waals surface area contributed by atoms with Crippen LogP contribution in [0.5, 0.6) is 0 Å². The van der Waals surface area contributed by atoms with E-state index >= 15 is 0 Å². The van der Waals surface area contributed by atoms with E-state index in [4.69, 9.17) is 5.26 Å². The molecule has 1 aromatic carbocycles. The van der Waals surface area contributed by atoms with Crippen LogP contribution in [0.1, 0.15) is 6.42 Å². The molecule has 0 unspecified atom stereocenters. The van der Waals surface area contributed by atoms with Gasteiger partial charge in [-0.3, -0.25) is 0 Å². The molecule has 4 aromatic rings. The van der Waals surface area contributed by atoms with Crippen molar-refractivity contribution < 1.29 is 4.57 Å². The van der Waals surface area contributed by atoms with E-state index in [-0.39, 0.29) is 5.56 Å². The van der Waals surface area contributed by atoms with Crippen molar-refractivity contribution in [2.24, 2.45) is 7.05 Å². The fourth-order valence-electron chi connectivity index (χ4n) is 3.34. The van der Waals surface area contributed by atoms with E-state index in [0.717, 1.165) is 22.1 Å². The molecule has 0 radical (unpaired) electrons. The van der Waals surface area contributed by atoms with Crippen LogP contribution < -0.4 is 10.1 Å². The zero-order valence-electron chi connectivity index (χ0n) is 13.9. The lowest BCUT2D eigenvalue weighted by molar-refractivity contribution is -0.673. The van der Waals surface area contributed by atoms with Gasteiger partial charge in [-0.05, 0) is 12.1 Å². The smallest absolute Gasteiger partial charge is 0.350 e.